The Morgan fingerprint density at radius 3 is 2.87 bits per heavy atom. The van der Waals surface area contributed by atoms with E-state index in [9.17, 15) is 9.59 Å². The summed E-state index contributed by atoms with van der Waals surface area (Å²) in [6.07, 6.45) is 0.310. The topological polar surface area (TPSA) is 57.6 Å². The van der Waals surface area contributed by atoms with Gasteiger partial charge in [0.25, 0.3) is 0 Å². The molecule has 0 radical (unpaired) electrons. The van der Waals surface area contributed by atoms with Crippen LogP contribution in [0.5, 0.6) is 0 Å². The second-order valence-electron chi connectivity index (χ2n) is 3.46. The molecule has 2 rings (SSSR count). The van der Waals surface area contributed by atoms with Crippen molar-refractivity contribution in [2.45, 2.75) is 13.3 Å². The summed E-state index contributed by atoms with van der Waals surface area (Å²) >= 11 is 0. The fourth-order valence-corrected chi connectivity index (χ4v) is 1.86. The van der Waals surface area contributed by atoms with E-state index in [1.54, 1.807) is 17.0 Å². The first kappa shape index (κ1) is 9.71. The van der Waals surface area contributed by atoms with Crippen LogP contribution in [0, 0.1) is 0 Å². The molecule has 1 aliphatic heterocycles. The van der Waals surface area contributed by atoms with Gasteiger partial charge in [0.2, 0.25) is 5.91 Å². The van der Waals surface area contributed by atoms with Crippen molar-refractivity contribution in [1.29, 1.82) is 0 Å². The highest BCUT2D eigenvalue weighted by Gasteiger charge is 2.26. The Morgan fingerprint density at radius 1 is 1.53 bits per heavy atom. The molecule has 4 nitrogen and oxygen atoms in total. The standard InChI is InChI=1S/C11H11NO3/c1-2-12-9-4-3-7(11(14)15)5-8(9)6-10(12)13/h3-5H,2,6H2,1H3,(H,14,15). The van der Waals surface area contributed by atoms with Gasteiger partial charge >= 0.3 is 5.97 Å². The highest BCUT2D eigenvalue weighted by atomic mass is 16.4. The number of carboxylic acid groups (broad SMARTS) is 1. The zero-order chi connectivity index (χ0) is 11.0. The van der Waals surface area contributed by atoms with Gasteiger partial charge in [0.15, 0.2) is 0 Å². The number of carboxylic acids is 1. The summed E-state index contributed by atoms with van der Waals surface area (Å²) in [5, 5.41) is 8.81. The van der Waals surface area contributed by atoms with Crippen LogP contribution in [0.15, 0.2) is 18.2 Å². The summed E-state index contributed by atoms with van der Waals surface area (Å²) < 4.78 is 0. The molecule has 1 heterocycles. The van der Waals surface area contributed by atoms with Crippen molar-refractivity contribution in [2.24, 2.45) is 0 Å². The number of carbonyl (C=O) groups is 2. The first-order valence-electron chi connectivity index (χ1n) is 4.80. The van der Waals surface area contributed by atoms with Crippen molar-refractivity contribution in [3.63, 3.8) is 0 Å². The van der Waals surface area contributed by atoms with E-state index in [1.165, 1.54) is 6.07 Å². The monoisotopic (exact) mass is 205 g/mol. The third-order valence-electron chi connectivity index (χ3n) is 2.58. The zero-order valence-electron chi connectivity index (χ0n) is 8.36. The molecule has 15 heavy (non-hydrogen) atoms. The number of carbonyl (C=O) groups excluding carboxylic acids is 1. The molecule has 1 aromatic rings. The van der Waals surface area contributed by atoms with Crippen molar-refractivity contribution in [2.75, 3.05) is 11.4 Å². The van der Waals surface area contributed by atoms with Crippen LogP contribution >= 0.6 is 0 Å². The van der Waals surface area contributed by atoms with E-state index in [0.717, 1.165) is 11.3 Å². The van der Waals surface area contributed by atoms with Gasteiger partial charge in [0.05, 0.1) is 12.0 Å². The van der Waals surface area contributed by atoms with Crippen LogP contribution in [0.1, 0.15) is 22.8 Å². The van der Waals surface area contributed by atoms with Crippen molar-refractivity contribution >= 4 is 17.6 Å². The number of fused-ring (bicyclic) bond motifs is 1. The summed E-state index contributed by atoms with van der Waals surface area (Å²) in [6.45, 7) is 2.52. The Bertz CT molecular complexity index is 439. The van der Waals surface area contributed by atoms with Crippen LogP contribution in [-0.4, -0.2) is 23.5 Å². The molecule has 1 aliphatic rings. The predicted octanol–water partition coefficient (Wildman–Crippen LogP) is 1.29. The van der Waals surface area contributed by atoms with E-state index in [1.807, 2.05) is 6.92 Å². The SMILES string of the molecule is CCN1C(=O)Cc2cc(C(=O)O)ccc21. The van der Waals surface area contributed by atoms with Crippen molar-refractivity contribution in [3.05, 3.63) is 29.3 Å². The molecule has 4 heteroatoms. The second kappa shape index (κ2) is 3.38. The van der Waals surface area contributed by atoms with E-state index in [4.69, 9.17) is 5.11 Å². The molecule has 0 atom stereocenters. The van der Waals surface area contributed by atoms with Crippen LogP contribution in [0.2, 0.25) is 0 Å². The highest BCUT2D eigenvalue weighted by molar-refractivity contribution is 6.02. The maximum atomic E-state index is 11.5. The van der Waals surface area contributed by atoms with Crippen molar-refractivity contribution in [3.8, 4) is 0 Å². The molecule has 1 aromatic carbocycles. The molecule has 0 spiro atoms. The lowest BCUT2D eigenvalue weighted by Crippen LogP contribution is -2.25. The molecular weight excluding hydrogens is 194 g/mol. The fraction of sp³-hybridized carbons (Fsp3) is 0.273. The molecular formula is C11H11NO3. The Balaban J connectivity index is 2.46. The Kier molecular flexibility index (Phi) is 2.19. The third-order valence-corrected chi connectivity index (χ3v) is 2.58. The minimum Gasteiger partial charge on any atom is -0.478 e. The summed E-state index contributed by atoms with van der Waals surface area (Å²) in [6, 6.07) is 4.81. The Labute approximate surface area is 87.1 Å². The molecule has 1 amide bonds. The lowest BCUT2D eigenvalue weighted by molar-refractivity contribution is -0.117. The van der Waals surface area contributed by atoms with Gasteiger partial charge in [-0.2, -0.15) is 0 Å². The lowest BCUT2D eigenvalue weighted by Gasteiger charge is -2.14. The van der Waals surface area contributed by atoms with E-state index in [0.29, 0.717) is 13.0 Å². The molecule has 0 fully saturated rings. The van der Waals surface area contributed by atoms with Crippen LogP contribution < -0.4 is 4.90 Å². The zero-order valence-corrected chi connectivity index (χ0v) is 8.36. The molecule has 1 N–H and O–H groups in total. The average Bonchev–Trinajstić information content (AvgIpc) is 2.51. The summed E-state index contributed by atoms with van der Waals surface area (Å²) in [4.78, 5) is 23.9. The summed E-state index contributed by atoms with van der Waals surface area (Å²) in [5.41, 5.74) is 1.88. The average molecular weight is 205 g/mol. The number of hydrogen-bond donors (Lipinski definition) is 1. The van der Waals surface area contributed by atoms with Gasteiger partial charge in [-0.3, -0.25) is 4.79 Å². The van der Waals surface area contributed by atoms with Gasteiger partial charge in [-0.25, -0.2) is 4.79 Å². The largest absolute Gasteiger partial charge is 0.478 e. The highest BCUT2D eigenvalue weighted by Crippen LogP contribution is 2.29. The number of benzene rings is 1. The maximum absolute atomic E-state index is 11.5. The number of nitrogens with zero attached hydrogens (tertiary/aromatic N) is 1. The minimum atomic E-state index is -0.958. The smallest absolute Gasteiger partial charge is 0.335 e. The Hall–Kier alpha value is -1.84. The van der Waals surface area contributed by atoms with E-state index in [2.05, 4.69) is 0 Å². The fourth-order valence-electron chi connectivity index (χ4n) is 1.86. The van der Waals surface area contributed by atoms with E-state index in [-0.39, 0.29) is 11.5 Å². The molecule has 0 saturated heterocycles. The number of amides is 1. The van der Waals surface area contributed by atoms with Crippen LogP contribution in [0.3, 0.4) is 0 Å². The molecule has 0 bridgehead atoms. The molecule has 0 aliphatic carbocycles. The summed E-state index contributed by atoms with van der Waals surface area (Å²) in [5.74, 6) is -0.921. The first-order valence-corrected chi connectivity index (χ1v) is 4.80. The van der Waals surface area contributed by atoms with Gasteiger partial charge in [-0.1, -0.05) is 0 Å². The van der Waals surface area contributed by atoms with E-state index < -0.39 is 5.97 Å². The summed E-state index contributed by atoms with van der Waals surface area (Å²) in [7, 11) is 0. The quantitative estimate of drug-likeness (QED) is 0.791. The predicted molar refractivity (Wildman–Crippen MR) is 55.1 cm³/mol. The van der Waals surface area contributed by atoms with E-state index >= 15 is 0 Å². The number of rotatable bonds is 2. The third kappa shape index (κ3) is 1.48. The molecule has 0 unspecified atom stereocenters. The lowest BCUT2D eigenvalue weighted by atomic mass is 10.1. The van der Waals surface area contributed by atoms with Gasteiger partial charge in [-0.05, 0) is 30.7 Å². The normalized spacial score (nSPS) is 14.2. The van der Waals surface area contributed by atoms with Crippen LogP contribution in [0.4, 0.5) is 5.69 Å². The molecule has 0 aromatic heterocycles. The maximum Gasteiger partial charge on any atom is 0.335 e. The van der Waals surface area contributed by atoms with Gasteiger partial charge in [0, 0.05) is 12.2 Å². The van der Waals surface area contributed by atoms with Crippen molar-refractivity contribution < 1.29 is 14.7 Å². The van der Waals surface area contributed by atoms with Gasteiger partial charge in [0.1, 0.15) is 0 Å². The molecule has 0 saturated carbocycles. The second-order valence-corrected chi connectivity index (χ2v) is 3.46. The van der Waals surface area contributed by atoms with Gasteiger partial charge < -0.3 is 10.0 Å². The number of hydrogen-bond acceptors (Lipinski definition) is 2. The van der Waals surface area contributed by atoms with Gasteiger partial charge in [-0.15, -0.1) is 0 Å². The number of anilines is 1. The van der Waals surface area contributed by atoms with Crippen LogP contribution in [-0.2, 0) is 11.2 Å². The minimum absolute atomic E-state index is 0.0371. The Morgan fingerprint density at radius 2 is 2.27 bits per heavy atom. The number of likely N-dealkylation sites (N-methyl/N-ethyl adjacent to an activating group) is 1. The molecule has 78 valence electrons. The number of aromatic carboxylic acids is 1. The first-order chi connectivity index (χ1) is 7.13. The van der Waals surface area contributed by atoms with Crippen LogP contribution in [0.25, 0.3) is 0 Å². The van der Waals surface area contributed by atoms with Crippen molar-refractivity contribution in [1.82, 2.24) is 0 Å².